The molecular weight excluding hydrogens is 102 g/mol. The van der Waals surface area contributed by atoms with Crippen molar-refractivity contribution in [2.75, 3.05) is 0 Å². The Bertz CT molecular complexity index is 86.5. The topological polar surface area (TPSA) is 44.1 Å². The molecule has 0 bridgehead atoms. The maximum absolute atomic E-state index is 9.16. The summed E-state index contributed by atoms with van der Waals surface area (Å²) in [5.74, 6) is 0.125. The SMILES string of the molecule is CC(C)C(C)(O)C=N. The molecule has 0 aromatic heterocycles. The highest BCUT2D eigenvalue weighted by Gasteiger charge is 2.20. The van der Waals surface area contributed by atoms with Crippen LogP contribution in [0.5, 0.6) is 0 Å². The van der Waals surface area contributed by atoms with Gasteiger partial charge in [-0.2, -0.15) is 0 Å². The van der Waals surface area contributed by atoms with Crippen molar-refractivity contribution in [3.8, 4) is 0 Å². The average Bonchev–Trinajstić information content (AvgIpc) is 1.67. The van der Waals surface area contributed by atoms with E-state index in [1.807, 2.05) is 13.8 Å². The largest absolute Gasteiger partial charge is 0.384 e. The molecule has 0 rings (SSSR count). The maximum atomic E-state index is 9.16. The van der Waals surface area contributed by atoms with Gasteiger partial charge in [-0.3, -0.25) is 0 Å². The van der Waals surface area contributed by atoms with Crippen molar-refractivity contribution in [3.05, 3.63) is 0 Å². The van der Waals surface area contributed by atoms with E-state index in [1.165, 1.54) is 0 Å². The number of rotatable bonds is 2. The normalized spacial score (nSPS) is 18.1. The summed E-state index contributed by atoms with van der Waals surface area (Å²) >= 11 is 0. The van der Waals surface area contributed by atoms with Gasteiger partial charge in [-0.25, -0.2) is 0 Å². The standard InChI is InChI=1S/C6H13NO/c1-5(2)6(3,8)4-7/h4-5,7-8H,1-3H3. The average molecular weight is 115 g/mol. The van der Waals surface area contributed by atoms with Gasteiger partial charge in [0.15, 0.2) is 0 Å². The van der Waals surface area contributed by atoms with Gasteiger partial charge in [-0.05, 0) is 12.8 Å². The van der Waals surface area contributed by atoms with Crippen LogP contribution in [0.15, 0.2) is 0 Å². The van der Waals surface area contributed by atoms with Crippen LogP contribution in [0.1, 0.15) is 20.8 Å². The van der Waals surface area contributed by atoms with Crippen LogP contribution >= 0.6 is 0 Å². The fourth-order valence-electron chi connectivity index (χ4n) is 0.167. The van der Waals surface area contributed by atoms with Crippen molar-refractivity contribution in [2.45, 2.75) is 26.4 Å². The zero-order valence-electron chi connectivity index (χ0n) is 5.60. The molecule has 1 unspecified atom stereocenters. The lowest BCUT2D eigenvalue weighted by molar-refractivity contribution is 0.0873. The first-order valence-corrected chi connectivity index (χ1v) is 2.74. The van der Waals surface area contributed by atoms with Crippen LogP contribution < -0.4 is 0 Å². The van der Waals surface area contributed by atoms with Gasteiger partial charge in [0, 0.05) is 6.21 Å². The lowest BCUT2D eigenvalue weighted by atomic mass is 9.94. The molecule has 0 fully saturated rings. The number of hydrogen-bond acceptors (Lipinski definition) is 2. The smallest absolute Gasteiger partial charge is 0.0984 e. The highest BCUT2D eigenvalue weighted by Crippen LogP contribution is 2.11. The quantitative estimate of drug-likeness (QED) is 0.519. The van der Waals surface area contributed by atoms with E-state index in [4.69, 9.17) is 10.5 Å². The molecule has 0 aromatic rings. The molecule has 2 nitrogen and oxygen atoms in total. The highest BCUT2D eigenvalue weighted by molar-refractivity contribution is 5.64. The molecule has 1 atom stereocenters. The third-order valence-electron chi connectivity index (χ3n) is 1.46. The zero-order valence-corrected chi connectivity index (χ0v) is 5.60. The predicted octanol–water partition coefficient (Wildman–Crippen LogP) is 1.04. The Kier molecular flexibility index (Phi) is 2.16. The van der Waals surface area contributed by atoms with Crippen LogP contribution in [0.25, 0.3) is 0 Å². The monoisotopic (exact) mass is 115 g/mol. The lowest BCUT2D eigenvalue weighted by Gasteiger charge is -2.21. The molecule has 0 heterocycles. The second kappa shape index (κ2) is 2.27. The van der Waals surface area contributed by atoms with Crippen molar-refractivity contribution in [2.24, 2.45) is 5.92 Å². The molecule has 0 saturated heterocycles. The summed E-state index contributed by atoms with van der Waals surface area (Å²) in [6, 6.07) is 0. The Morgan fingerprint density at radius 1 is 1.62 bits per heavy atom. The molecule has 0 aliphatic heterocycles. The van der Waals surface area contributed by atoms with E-state index in [0.29, 0.717) is 0 Å². The Morgan fingerprint density at radius 2 is 2.00 bits per heavy atom. The van der Waals surface area contributed by atoms with E-state index in [-0.39, 0.29) is 5.92 Å². The van der Waals surface area contributed by atoms with E-state index < -0.39 is 5.60 Å². The van der Waals surface area contributed by atoms with Crippen molar-refractivity contribution in [1.82, 2.24) is 0 Å². The van der Waals surface area contributed by atoms with Gasteiger partial charge in [0.05, 0.1) is 5.60 Å². The predicted molar refractivity (Wildman–Crippen MR) is 34.2 cm³/mol. The third-order valence-corrected chi connectivity index (χ3v) is 1.46. The number of hydrogen-bond donors (Lipinski definition) is 2. The Labute approximate surface area is 50.0 Å². The molecule has 0 aliphatic carbocycles. The van der Waals surface area contributed by atoms with Gasteiger partial charge < -0.3 is 10.5 Å². The zero-order chi connectivity index (χ0) is 6.78. The first-order valence-electron chi connectivity index (χ1n) is 2.74. The second-order valence-corrected chi connectivity index (χ2v) is 2.52. The molecular formula is C6H13NO. The molecule has 0 aromatic carbocycles. The lowest BCUT2D eigenvalue weighted by Crippen LogP contribution is -2.32. The van der Waals surface area contributed by atoms with Crippen LogP contribution in [0.2, 0.25) is 0 Å². The molecule has 2 heteroatoms. The molecule has 0 aliphatic rings. The highest BCUT2D eigenvalue weighted by atomic mass is 16.3. The Balaban J connectivity index is 3.90. The fraction of sp³-hybridized carbons (Fsp3) is 0.833. The minimum atomic E-state index is -0.917. The van der Waals surface area contributed by atoms with E-state index in [1.54, 1.807) is 6.92 Å². The molecule has 48 valence electrons. The van der Waals surface area contributed by atoms with Crippen molar-refractivity contribution < 1.29 is 5.11 Å². The summed E-state index contributed by atoms with van der Waals surface area (Å²) in [4.78, 5) is 0. The fourth-order valence-corrected chi connectivity index (χ4v) is 0.167. The minimum Gasteiger partial charge on any atom is -0.384 e. The molecule has 0 saturated carbocycles. The first kappa shape index (κ1) is 7.63. The second-order valence-electron chi connectivity index (χ2n) is 2.52. The van der Waals surface area contributed by atoms with Gasteiger partial charge in [-0.1, -0.05) is 13.8 Å². The molecule has 0 spiro atoms. The summed E-state index contributed by atoms with van der Waals surface area (Å²) < 4.78 is 0. The Hall–Kier alpha value is -0.370. The van der Waals surface area contributed by atoms with Crippen LogP contribution in [0.3, 0.4) is 0 Å². The van der Waals surface area contributed by atoms with Crippen molar-refractivity contribution in [1.29, 1.82) is 5.41 Å². The summed E-state index contributed by atoms with van der Waals surface area (Å²) in [7, 11) is 0. The van der Waals surface area contributed by atoms with Gasteiger partial charge in [0.25, 0.3) is 0 Å². The van der Waals surface area contributed by atoms with Gasteiger partial charge in [0.1, 0.15) is 0 Å². The van der Waals surface area contributed by atoms with Gasteiger partial charge in [-0.15, -0.1) is 0 Å². The van der Waals surface area contributed by atoms with Crippen LogP contribution in [0, 0.1) is 11.3 Å². The maximum Gasteiger partial charge on any atom is 0.0984 e. The first-order chi connectivity index (χ1) is 3.50. The van der Waals surface area contributed by atoms with Crippen molar-refractivity contribution >= 4 is 6.21 Å². The van der Waals surface area contributed by atoms with E-state index in [9.17, 15) is 0 Å². The molecule has 0 amide bonds. The van der Waals surface area contributed by atoms with E-state index in [0.717, 1.165) is 6.21 Å². The van der Waals surface area contributed by atoms with Crippen LogP contribution in [0.4, 0.5) is 0 Å². The van der Waals surface area contributed by atoms with Crippen LogP contribution in [-0.2, 0) is 0 Å². The summed E-state index contributed by atoms with van der Waals surface area (Å²) in [6.45, 7) is 5.39. The van der Waals surface area contributed by atoms with Crippen LogP contribution in [-0.4, -0.2) is 16.9 Å². The minimum absolute atomic E-state index is 0.125. The molecule has 2 N–H and O–H groups in total. The third kappa shape index (κ3) is 1.62. The summed E-state index contributed by atoms with van der Waals surface area (Å²) in [6.07, 6.45) is 1.07. The van der Waals surface area contributed by atoms with E-state index >= 15 is 0 Å². The van der Waals surface area contributed by atoms with Crippen molar-refractivity contribution in [3.63, 3.8) is 0 Å². The molecule has 8 heavy (non-hydrogen) atoms. The van der Waals surface area contributed by atoms with Gasteiger partial charge >= 0.3 is 0 Å². The molecule has 0 radical (unpaired) electrons. The summed E-state index contributed by atoms with van der Waals surface area (Å²) in [5, 5.41) is 15.9. The van der Waals surface area contributed by atoms with Gasteiger partial charge in [0.2, 0.25) is 0 Å². The number of nitrogens with one attached hydrogen (secondary N) is 1. The number of aliphatic hydroxyl groups is 1. The Morgan fingerprint density at radius 3 is 2.00 bits per heavy atom. The summed E-state index contributed by atoms with van der Waals surface area (Å²) in [5.41, 5.74) is -0.917. The van der Waals surface area contributed by atoms with E-state index in [2.05, 4.69) is 0 Å².